The van der Waals surface area contributed by atoms with E-state index in [-0.39, 0.29) is 5.12 Å². The molecule has 1 fully saturated rings. The Morgan fingerprint density at radius 3 is 2.59 bits per heavy atom. The summed E-state index contributed by atoms with van der Waals surface area (Å²) in [5.41, 5.74) is 0. The van der Waals surface area contributed by atoms with Gasteiger partial charge in [0.15, 0.2) is 12.2 Å². The zero-order valence-electron chi connectivity index (χ0n) is 10.4. The van der Waals surface area contributed by atoms with Gasteiger partial charge in [-0.05, 0) is 13.3 Å². The monoisotopic (exact) mass is 260 g/mol. The SMILES string of the molecule is CCCCCCSC(=O)C1OC1C(=O)OCC. The highest BCUT2D eigenvalue weighted by Crippen LogP contribution is 2.28. The van der Waals surface area contributed by atoms with E-state index in [1.807, 2.05) is 0 Å². The van der Waals surface area contributed by atoms with Crippen LogP contribution in [0.25, 0.3) is 0 Å². The van der Waals surface area contributed by atoms with Crippen LogP contribution in [-0.2, 0) is 19.1 Å². The van der Waals surface area contributed by atoms with Gasteiger partial charge in [-0.3, -0.25) is 4.79 Å². The predicted octanol–water partition coefficient (Wildman–Crippen LogP) is 2.16. The molecular formula is C12H20O4S. The Kier molecular flexibility index (Phi) is 6.58. The fraction of sp³-hybridized carbons (Fsp3) is 0.833. The van der Waals surface area contributed by atoms with Crippen LogP contribution in [0.3, 0.4) is 0 Å². The van der Waals surface area contributed by atoms with Crippen LogP contribution in [0.1, 0.15) is 39.5 Å². The minimum absolute atomic E-state index is 0.0421. The molecule has 1 saturated heterocycles. The van der Waals surface area contributed by atoms with Gasteiger partial charge in [0.25, 0.3) is 0 Å². The fourth-order valence-corrected chi connectivity index (χ4v) is 2.37. The van der Waals surface area contributed by atoms with Crippen molar-refractivity contribution in [3.05, 3.63) is 0 Å². The Balaban J connectivity index is 2.08. The number of carbonyl (C=O) groups is 2. The number of carbonyl (C=O) groups excluding carboxylic acids is 2. The summed E-state index contributed by atoms with van der Waals surface area (Å²) >= 11 is 1.27. The van der Waals surface area contributed by atoms with E-state index in [4.69, 9.17) is 9.47 Å². The van der Waals surface area contributed by atoms with Crippen molar-refractivity contribution in [1.82, 2.24) is 0 Å². The second kappa shape index (κ2) is 7.71. The largest absolute Gasteiger partial charge is 0.464 e. The molecule has 0 aliphatic carbocycles. The van der Waals surface area contributed by atoms with Gasteiger partial charge in [-0.25, -0.2) is 4.79 Å². The highest BCUT2D eigenvalue weighted by atomic mass is 32.2. The summed E-state index contributed by atoms with van der Waals surface area (Å²) < 4.78 is 9.80. The average Bonchev–Trinajstić information content (AvgIpc) is 3.09. The first kappa shape index (κ1) is 14.5. The van der Waals surface area contributed by atoms with Gasteiger partial charge in [0, 0.05) is 5.75 Å². The third-order valence-electron chi connectivity index (χ3n) is 2.49. The maximum absolute atomic E-state index is 11.6. The van der Waals surface area contributed by atoms with E-state index in [1.54, 1.807) is 6.92 Å². The Hall–Kier alpha value is -0.550. The van der Waals surface area contributed by atoms with E-state index in [0.29, 0.717) is 6.61 Å². The van der Waals surface area contributed by atoms with E-state index in [9.17, 15) is 9.59 Å². The van der Waals surface area contributed by atoms with Crippen LogP contribution in [0.15, 0.2) is 0 Å². The summed E-state index contributed by atoms with van der Waals surface area (Å²) in [6.45, 7) is 4.21. The van der Waals surface area contributed by atoms with Gasteiger partial charge in [-0.15, -0.1) is 0 Å². The normalized spacial score (nSPS) is 22.2. The van der Waals surface area contributed by atoms with Crippen molar-refractivity contribution < 1.29 is 19.1 Å². The van der Waals surface area contributed by atoms with E-state index >= 15 is 0 Å². The van der Waals surface area contributed by atoms with Crippen LogP contribution in [0.4, 0.5) is 0 Å². The molecule has 0 N–H and O–H groups in total. The predicted molar refractivity (Wildman–Crippen MR) is 66.9 cm³/mol. The van der Waals surface area contributed by atoms with Crippen molar-refractivity contribution in [3.63, 3.8) is 0 Å². The Labute approximate surface area is 106 Å². The highest BCUT2D eigenvalue weighted by molar-refractivity contribution is 8.13. The quantitative estimate of drug-likeness (QED) is 0.380. The topological polar surface area (TPSA) is 55.9 Å². The van der Waals surface area contributed by atoms with Gasteiger partial charge in [0.2, 0.25) is 5.12 Å². The van der Waals surface area contributed by atoms with Gasteiger partial charge in [0.1, 0.15) is 0 Å². The molecule has 0 radical (unpaired) electrons. The van der Waals surface area contributed by atoms with Crippen molar-refractivity contribution in [3.8, 4) is 0 Å². The van der Waals surface area contributed by atoms with Gasteiger partial charge in [-0.1, -0.05) is 37.9 Å². The summed E-state index contributed by atoms with van der Waals surface area (Å²) in [4.78, 5) is 22.8. The van der Waals surface area contributed by atoms with Crippen molar-refractivity contribution in [2.24, 2.45) is 0 Å². The lowest BCUT2D eigenvalue weighted by Gasteiger charge is -1.98. The molecule has 0 aromatic heterocycles. The number of unbranched alkanes of at least 4 members (excludes halogenated alkanes) is 3. The van der Waals surface area contributed by atoms with E-state index in [0.717, 1.165) is 18.6 Å². The molecule has 0 aromatic carbocycles. The number of rotatable bonds is 8. The van der Waals surface area contributed by atoms with Crippen LogP contribution in [0, 0.1) is 0 Å². The molecule has 0 amide bonds. The third-order valence-corrected chi connectivity index (χ3v) is 3.49. The second-order valence-electron chi connectivity index (χ2n) is 3.96. The summed E-state index contributed by atoms with van der Waals surface area (Å²) in [7, 11) is 0. The molecule has 0 bridgehead atoms. The van der Waals surface area contributed by atoms with Gasteiger partial charge < -0.3 is 9.47 Å². The molecule has 2 unspecified atom stereocenters. The zero-order chi connectivity index (χ0) is 12.7. The maximum atomic E-state index is 11.6. The molecule has 1 rings (SSSR count). The van der Waals surface area contributed by atoms with Gasteiger partial charge in [-0.2, -0.15) is 0 Å². The Bertz CT molecular complexity index is 267. The van der Waals surface area contributed by atoms with Crippen LogP contribution >= 0.6 is 11.8 Å². The summed E-state index contributed by atoms with van der Waals surface area (Å²) in [6.07, 6.45) is 3.39. The first-order valence-electron chi connectivity index (χ1n) is 6.19. The summed E-state index contributed by atoms with van der Waals surface area (Å²) in [5, 5.41) is -0.0421. The van der Waals surface area contributed by atoms with E-state index in [1.165, 1.54) is 24.6 Å². The Morgan fingerprint density at radius 1 is 1.18 bits per heavy atom. The molecule has 1 aliphatic rings. The molecule has 4 nitrogen and oxygen atoms in total. The van der Waals surface area contributed by atoms with Gasteiger partial charge >= 0.3 is 5.97 Å². The zero-order valence-corrected chi connectivity index (χ0v) is 11.3. The fourth-order valence-electron chi connectivity index (χ4n) is 1.48. The van der Waals surface area contributed by atoms with Crippen molar-refractivity contribution in [1.29, 1.82) is 0 Å². The van der Waals surface area contributed by atoms with E-state index < -0.39 is 18.2 Å². The highest BCUT2D eigenvalue weighted by Gasteiger charge is 2.51. The summed E-state index contributed by atoms with van der Waals surface area (Å²) in [5.74, 6) is 0.395. The lowest BCUT2D eigenvalue weighted by Crippen LogP contribution is -2.17. The number of hydrogen-bond acceptors (Lipinski definition) is 5. The first-order chi connectivity index (χ1) is 8.20. The lowest BCUT2D eigenvalue weighted by atomic mass is 10.2. The average molecular weight is 260 g/mol. The molecule has 1 heterocycles. The van der Waals surface area contributed by atoms with Crippen LogP contribution in [0.5, 0.6) is 0 Å². The molecule has 0 spiro atoms. The minimum Gasteiger partial charge on any atom is -0.464 e. The molecule has 1 aliphatic heterocycles. The van der Waals surface area contributed by atoms with Crippen LogP contribution in [-0.4, -0.2) is 35.7 Å². The number of ether oxygens (including phenoxy) is 2. The molecule has 17 heavy (non-hydrogen) atoms. The van der Waals surface area contributed by atoms with Crippen LogP contribution in [0.2, 0.25) is 0 Å². The summed E-state index contributed by atoms with van der Waals surface area (Å²) in [6, 6.07) is 0. The number of hydrogen-bond donors (Lipinski definition) is 0. The number of esters is 1. The van der Waals surface area contributed by atoms with Crippen molar-refractivity contribution in [2.75, 3.05) is 12.4 Å². The smallest absolute Gasteiger partial charge is 0.338 e. The molecule has 0 saturated carbocycles. The standard InChI is InChI=1S/C12H20O4S/c1-3-5-6-7-8-17-12(14)10-9(16-10)11(13)15-4-2/h9-10H,3-8H2,1-2H3. The number of thioether (sulfide) groups is 1. The second-order valence-corrected chi connectivity index (χ2v) is 5.06. The number of epoxide rings is 1. The van der Waals surface area contributed by atoms with Crippen LogP contribution < -0.4 is 0 Å². The Morgan fingerprint density at radius 2 is 1.94 bits per heavy atom. The maximum Gasteiger partial charge on any atom is 0.338 e. The minimum atomic E-state index is -0.648. The first-order valence-corrected chi connectivity index (χ1v) is 7.18. The molecule has 2 atom stereocenters. The molecule has 98 valence electrons. The lowest BCUT2D eigenvalue weighted by molar-refractivity contribution is -0.144. The van der Waals surface area contributed by atoms with Crippen molar-refractivity contribution in [2.45, 2.75) is 51.7 Å². The third kappa shape index (κ3) is 5.08. The molecular weight excluding hydrogens is 240 g/mol. The van der Waals surface area contributed by atoms with Gasteiger partial charge in [0.05, 0.1) is 6.61 Å². The molecule has 5 heteroatoms. The van der Waals surface area contributed by atoms with E-state index in [2.05, 4.69) is 6.92 Å². The van der Waals surface area contributed by atoms with Crippen molar-refractivity contribution >= 4 is 22.8 Å². The molecule has 0 aromatic rings.